The molecule has 2 rings (SSSR count). The largest absolute Gasteiger partial charge is 0.330 e. The SMILES string of the molecule is CC(C)(CN)c1ccc(C(=O)c2ccc(Br)cc2)cc1. The van der Waals surface area contributed by atoms with E-state index in [2.05, 4.69) is 29.8 Å². The number of halogens is 1. The zero-order valence-corrected chi connectivity index (χ0v) is 13.3. The number of carbonyl (C=O) groups excluding carboxylic acids is 1. The second kappa shape index (κ2) is 5.90. The Bertz CT molecular complexity index is 600. The van der Waals surface area contributed by atoms with E-state index in [1.54, 1.807) is 0 Å². The summed E-state index contributed by atoms with van der Waals surface area (Å²) in [6.07, 6.45) is 0. The van der Waals surface area contributed by atoms with Crippen molar-refractivity contribution in [3.63, 3.8) is 0 Å². The zero-order valence-electron chi connectivity index (χ0n) is 11.7. The monoisotopic (exact) mass is 331 g/mol. The van der Waals surface area contributed by atoms with Gasteiger partial charge in [0.05, 0.1) is 0 Å². The summed E-state index contributed by atoms with van der Waals surface area (Å²) < 4.78 is 0.967. The van der Waals surface area contributed by atoms with Crippen molar-refractivity contribution >= 4 is 21.7 Å². The fourth-order valence-corrected chi connectivity index (χ4v) is 2.22. The van der Waals surface area contributed by atoms with E-state index in [1.165, 1.54) is 0 Å². The summed E-state index contributed by atoms with van der Waals surface area (Å²) in [6.45, 7) is 4.77. The van der Waals surface area contributed by atoms with Crippen LogP contribution >= 0.6 is 15.9 Å². The molecular formula is C17H18BrNO. The van der Waals surface area contributed by atoms with Gasteiger partial charge in [0.1, 0.15) is 0 Å². The van der Waals surface area contributed by atoms with Crippen molar-refractivity contribution in [2.24, 2.45) is 5.73 Å². The Morgan fingerprint density at radius 3 is 1.90 bits per heavy atom. The summed E-state index contributed by atoms with van der Waals surface area (Å²) in [5.74, 6) is 0.0367. The third kappa shape index (κ3) is 3.17. The number of hydrogen-bond donors (Lipinski definition) is 1. The highest BCUT2D eigenvalue weighted by Crippen LogP contribution is 2.23. The molecule has 0 aromatic heterocycles. The summed E-state index contributed by atoms with van der Waals surface area (Å²) in [6, 6.07) is 15.1. The van der Waals surface area contributed by atoms with E-state index < -0.39 is 0 Å². The smallest absolute Gasteiger partial charge is 0.193 e. The molecular weight excluding hydrogens is 314 g/mol. The average Bonchev–Trinajstić information content (AvgIpc) is 2.47. The number of rotatable bonds is 4. The minimum atomic E-state index is -0.0702. The second-order valence-corrected chi connectivity index (χ2v) is 6.42. The molecule has 2 nitrogen and oxygen atoms in total. The van der Waals surface area contributed by atoms with Gasteiger partial charge < -0.3 is 5.73 Å². The Balaban J connectivity index is 2.26. The van der Waals surface area contributed by atoms with Crippen LogP contribution in [0, 0.1) is 0 Å². The molecule has 0 fully saturated rings. The van der Waals surface area contributed by atoms with Crippen molar-refractivity contribution in [2.75, 3.05) is 6.54 Å². The van der Waals surface area contributed by atoms with E-state index in [0.717, 1.165) is 10.0 Å². The number of hydrogen-bond acceptors (Lipinski definition) is 2. The number of ketones is 1. The molecule has 0 bridgehead atoms. The van der Waals surface area contributed by atoms with Crippen molar-refractivity contribution in [3.05, 3.63) is 69.7 Å². The first-order valence-corrected chi connectivity index (χ1v) is 7.34. The van der Waals surface area contributed by atoms with Crippen LogP contribution in [-0.4, -0.2) is 12.3 Å². The van der Waals surface area contributed by atoms with Gasteiger partial charge in [-0.1, -0.05) is 54.0 Å². The molecule has 0 radical (unpaired) electrons. The fraction of sp³-hybridized carbons (Fsp3) is 0.235. The molecule has 0 spiro atoms. The molecule has 0 heterocycles. The van der Waals surface area contributed by atoms with Crippen LogP contribution in [0.4, 0.5) is 0 Å². The van der Waals surface area contributed by atoms with Gasteiger partial charge in [0.2, 0.25) is 0 Å². The van der Waals surface area contributed by atoms with Crippen LogP contribution in [0.15, 0.2) is 53.0 Å². The number of benzene rings is 2. The maximum Gasteiger partial charge on any atom is 0.193 e. The standard InChI is InChI=1S/C17H18BrNO/c1-17(2,11-19)14-7-3-12(4-8-14)16(20)13-5-9-15(18)10-6-13/h3-10H,11,19H2,1-2H3. The summed E-state index contributed by atoms with van der Waals surface area (Å²) >= 11 is 3.37. The van der Waals surface area contributed by atoms with Gasteiger partial charge in [-0.25, -0.2) is 0 Å². The molecule has 3 heteroatoms. The molecule has 104 valence electrons. The molecule has 0 saturated carbocycles. The van der Waals surface area contributed by atoms with E-state index in [9.17, 15) is 4.79 Å². The van der Waals surface area contributed by atoms with Gasteiger partial charge in [-0.15, -0.1) is 0 Å². The van der Waals surface area contributed by atoms with E-state index in [0.29, 0.717) is 17.7 Å². The molecule has 0 unspecified atom stereocenters. The number of carbonyl (C=O) groups is 1. The van der Waals surface area contributed by atoms with Crippen molar-refractivity contribution in [3.8, 4) is 0 Å². The Kier molecular flexibility index (Phi) is 4.41. The average molecular weight is 332 g/mol. The van der Waals surface area contributed by atoms with Gasteiger partial charge in [0.25, 0.3) is 0 Å². The van der Waals surface area contributed by atoms with Crippen LogP contribution in [0.2, 0.25) is 0 Å². The molecule has 0 amide bonds. The summed E-state index contributed by atoms with van der Waals surface area (Å²) in [7, 11) is 0. The lowest BCUT2D eigenvalue weighted by molar-refractivity contribution is 0.103. The van der Waals surface area contributed by atoms with Gasteiger partial charge in [-0.3, -0.25) is 4.79 Å². The molecule has 2 aromatic carbocycles. The van der Waals surface area contributed by atoms with E-state index in [4.69, 9.17) is 5.73 Å². The maximum atomic E-state index is 12.3. The highest BCUT2D eigenvalue weighted by Gasteiger charge is 2.18. The highest BCUT2D eigenvalue weighted by molar-refractivity contribution is 9.10. The molecule has 0 aliphatic carbocycles. The van der Waals surface area contributed by atoms with Crippen molar-refractivity contribution in [1.29, 1.82) is 0 Å². The fourth-order valence-electron chi connectivity index (χ4n) is 1.96. The third-order valence-electron chi connectivity index (χ3n) is 3.55. The first-order valence-electron chi connectivity index (χ1n) is 6.55. The lowest BCUT2D eigenvalue weighted by Gasteiger charge is -2.23. The van der Waals surface area contributed by atoms with Gasteiger partial charge in [-0.05, 0) is 29.8 Å². The van der Waals surface area contributed by atoms with Gasteiger partial charge >= 0.3 is 0 Å². The number of nitrogens with two attached hydrogens (primary N) is 1. The molecule has 20 heavy (non-hydrogen) atoms. The molecule has 2 aromatic rings. The van der Waals surface area contributed by atoms with Crippen molar-refractivity contribution < 1.29 is 4.79 Å². The minimum Gasteiger partial charge on any atom is -0.330 e. The Hall–Kier alpha value is -1.45. The molecule has 0 aliphatic rings. The molecule has 0 atom stereocenters. The maximum absolute atomic E-state index is 12.3. The van der Waals surface area contributed by atoms with Crippen LogP contribution in [0.5, 0.6) is 0 Å². The van der Waals surface area contributed by atoms with Crippen LogP contribution in [0.3, 0.4) is 0 Å². The molecule has 0 saturated heterocycles. The van der Waals surface area contributed by atoms with Gasteiger partial charge in [-0.2, -0.15) is 0 Å². The first-order chi connectivity index (χ1) is 9.44. The topological polar surface area (TPSA) is 43.1 Å². The minimum absolute atomic E-state index is 0.0367. The Morgan fingerprint density at radius 1 is 1.00 bits per heavy atom. The third-order valence-corrected chi connectivity index (χ3v) is 4.07. The summed E-state index contributed by atoms with van der Waals surface area (Å²) in [5, 5.41) is 0. The van der Waals surface area contributed by atoms with Gasteiger partial charge in [0.15, 0.2) is 5.78 Å². The van der Waals surface area contributed by atoms with E-state index in [1.807, 2.05) is 48.5 Å². The van der Waals surface area contributed by atoms with Crippen LogP contribution in [0.25, 0.3) is 0 Å². The predicted octanol–water partition coefficient (Wildman–Crippen LogP) is 3.92. The predicted molar refractivity (Wildman–Crippen MR) is 86.1 cm³/mol. The normalized spacial score (nSPS) is 11.4. The lowest BCUT2D eigenvalue weighted by atomic mass is 9.84. The summed E-state index contributed by atoms with van der Waals surface area (Å²) in [4.78, 5) is 12.3. The Labute approximate surface area is 128 Å². The molecule has 0 aliphatic heterocycles. The van der Waals surface area contributed by atoms with Gasteiger partial charge in [0, 0.05) is 27.6 Å². The second-order valence-electron chi connectivity index (χ2n) is 5.50. The van der Waals surface area contributed by atoms with E-state index in [-0.39, 0.29) is 11.2 Å². The quantitative estimate of drug-likeness (QED) is 0.863. The Morgan fingerprint density at radius 2 is 1.45 bits per heavy atom. The van der Waals surface area contributed by atoms with Crippen LogP contribution in [-0.2, 0) is 5.41 Å². The first kappa shape index (κ1) is 14.9. The molecule has 2 N–H and O–H groups in total. The van der Waals surface area contributed by atoms with Crippen molar-refractivity contribution in [1.82, 2.24) is 0 Å². The van der Waals surface area contributed by atoms with Crippen LogP contribution < -0.4 is 5.73 Å². The van der Waals surface area contributed by atoms with E-state index >= 15 is 0 Å². The lowest BCUT2D eigenvalue weighted by Crippen LogP contribution is -2.28. The van der Waals surface area contributed by atoms with Crippen molar-refractivity contribution in [2.45, 2.75) is 19.3 Å². The van der Waals surface area contributed by atoms with Crippen LogP contribution in [0.1, 0.15) is 35.3 Å². The summed E-state index contributed by atoms with van der Waals surface area (Å²) in [5.41, 5.74) is 8.24. The highest BCUT2D eigenvalue weighted by atomic mass is 79.9. The zero-order chi connectivity index (χ0) is 14.8.